The summed E-state index contributed by atoms with van der Waals surface area (Å²) >= 11 is 13.7. The second-order valence-corrected chi connectivity index (χ2v) is 6.84. The number of rotatable bonds is 4. The monoisotopic (exact) mass is 392 g/mol. The zero-order valence-electron chi connectivity index (χ0n) is 13.3. The van der Waals surface area contributed by atoms with E-state index in [4.69, 9.17) is 27.9 Å². The van der Waals surface area contributed by atoms with Gasteiger partial charge in [-0.05, 0) is 48.5 Å². The van der Waals surface area contributed by atoms with Gasteiger partial charge in [-0.15, -0.1) is 0 Å². The summed E-state index contributed by atoms with van der Waals surface area (Å²) in [7, 11) is 0. The van der Waals surface area contributed by atoms with Crippen LogP contribution in [0.25, 0.3) is 6.08 Å². The number of para-hydroxylation sites is 1. The fourth-order valence-electron chi connectivity index (χ4n) is 2.18. The van der Waals surface area contributed by atoms with Crippen LogP contribution in [0.3, 0.4) is 0 Å². The molecule has 1 aliphatic heterocycles. The van der Waals surface area contributed by atoms with Crippen molar-refractivity contribution in [2.75, 3.05) is 6.61 Å². The van der Waals surface area contributed by atoms with Crippen molar-refractivity contribution in [3.63, 3.8) is 0 Å². The molecule has 2 aromatic carbocycles. The molecule has 0 bridgehead atoms. The molecular formula is C18H14Cl2N2O2S. The zero-order valence-corrected chi connectivity index (χ0v) is 15.6. The van der Waals surface area contributed by atoms with Crippen LogP contribution in [0.15, 0.2) is 52.4 Å². The van der Waals surface area contributed by atoms with E-state index >= 15 is 0 Å². The largest absolute Gasteiger partial charge is 0.492 e. The number of amides is 1. The van der Waals surface area contributed by atoms with Crippen LogP contribution in [-0.2, 0) is 4.79 Å². The van der Waals surface area contributed by atoms with Crippen molar-refractivity contribution >= 4 is 57.8 Å². The minimum absolute atomic E-state index is 0.228. The van der Waals surface area contributed by atoms with Crippen LogP contribution in [0.5, 0.6) is 5.75 Å². The first-order valence-electron chi connectivity index (χ1n) is 7.54. The Morgan fingerprint density at radius 3 is 2.76 bits per heavy atom. The molecule has 0 unspecified atom stereocenters. The van der Waals surface area contributed by atoms with Gasteiger partial charge >= 0.3 is 0 Å². The van der Waals surface area contributed by atoms with Crippen molar-refractivity contribution in [2.24, 2.45) is 4.99 Å². The number of ether oxygens (including phenoxy) is 1. The third-order valence-electron chi connectivity index (χ3n) is 3.30. The van der Waals surface area contributed by atoms with Gasteiger partial charge in [0.1, 0.15) is 5.75 Å². The van der Waals surface area contributed by atoms with E-state index in [2.05, 4.69) is 10.3 Å². The highest BCUT2D eigenvalue weighted by molar-refractivity contribution is 8.18. The average Bonchev–Trinajstić information content (AvgIpc) is 2.93. The maximum atomic E-state index is 12.2. The van der Waals surface area contributed by atoms with Crippen LogP contribution >= 0.6 is 35.0 Å². The lowest BCUT2D eigenvalue weighted by Crippen LogP contribution is -2.19. The van der Waals surface area contributed by atoms with E-state index in [0.29, 0.717) is 43.7 Å². The highest BCUT2D eigenvalue weighted by Gasteiger charge is 2.24. The van der Waals surface area contributed by atoms with Crippen LogP contribution in [0.2, 0.25) is 10.0 Å². The molecule has 25 heavy (non-hydrogen) atoms. The Balaban J connectivity index is 1.87. The highest BCUT2D eigenvalue weighted by Crippen LogP contribution is 2.34. The maximum absolute atomic E-state index is 12.2. The van der Waals surface area contributed by atoms with Crippen molar-refractivity contribution in [3.05, 3.63) is 63.0 Å². The number of halogens is 2. The summed E-state index contributed by atoms with van der Waals surface area (Å²) in [6, 6.07) is 12.6. The SMILES string of the molecule is CCOc1cccc(/C=C2\SC(=Nc3ccccc3Cl)NC2=O)c1Cl. The van der Waals surface area contributed by atoms with Gasteiger partial charge in [-0.1, -0.05) is 47.5 Å². The lowest BCUT2D eigenvalue weighted by atomic mass is 10.2. The molecule has 1 N–H and O–H groups in total. The van der Waals surface area contributed by atoms with E-state index in [1.54, 1.807) is 24.3 Å². The Morgan fingerprint density at radius 2 is 2.00 bits per heavy atom. The van der Waals surface area contributed by atoms with Crippen LogP contribution in [0.1, 0.15) is 12.5 Å². The normalized spacial score (nSPS) is 17.2. The van der Waals surface area contributed by atoms with E-state index in [1.807, 2.05) is 31.2 Å². The van der Waals surface area contributed by atoms with Gasteiger partial charge < -0.3 is 10.1 Å². The number of benzene rings is 2. The Morgan fingerprint density at radius 1 is 1.20 bits per heavy atom. The Kier molecular flexibility index (Phi) is 5.68. The van der Waals surface area contributed by atoms with Gasteiger partial charge in [0.25, 0.3) is 5.91 Å². The van der Waals surface area contributed by atoms with Gasteiger partial charge in [0.2, 0.25) is 0 Å². The average molecular weight is 393 g/mol. The number of amidine groups is 1. The zero-order chi connectivity index (χ0) is 17.8. The summed E-state index contributed by atoms with van der Waals surface area (Å²) in [5.74, 6) is 0.362. The molecule has 1 saturated heterocycles. The number of nitrogens with one attached hydrogen (secondary N) is 1. The van der Waals surface area contributed by atoms with E-state index in [0.717, 1.165) is 0 Å². The van der Waals surface area contributed by atoms with E-state index in [9.17, 15) is 4.79 Å². The van der Waals surface area contributed by atoms with Crippen LogP contribution in [0, 0.1) is 0 Å². The van der Waals surface area contributed by atoms with Crippen molar-refractivity contribution < 1.29 is 9.53 Å². The van der Waals surface area contributed by atoms with Gasteiger partial charge in [0.05, 0.1) is 27.2 Å². The molecule has 2 aromatic rings. The second-order valence-electron chi connectivity index (χ2n) is 5.03. The molecule has 1 fully saturated rings. The number of thioether (sulfide) groups is 1. The predicted molar refractivity (Wildman–Crippen MR) is 105 cm³/mol. The summed E-state index contributed by atoms with van der Waals surface area (Å²) in [4.78, 5) is 17.1. The summed E-state index contributed by atoms with van der Waals surface area (Å²) in [6.45, 7) is 2.41. The summed E-state index contributed by atoms with van der Waals surface area (Å²) < 4.78 is 5.47. The van der Waals surface area contributed by atoms with Gasteiger partial charge in [-0.25, -0.2) is 4.99 Å². The van der Waals surface area contributed by atoms with Crippen molar-refractivity contribution in [2.45, 2.75) is 6.92 Å². The minimum atomic E-state index is -0.228. The number of nitrogens with zero attached hydrogens (tertiary/aromatic N) is 1. The van der Waals surface area contributed by atoms with E-state index in [1.165, 1.54) is 11.8 Å². The van der Waals surface area contributed by atoms with E-state index in [-0.39, 0.29) is 5.91 Å². The predicted octanol–water partition coefficient (Wildman–Crippen LogP) is 5.28. The quantitative estimate of drug-likeness (QED) is 0.719. The van der Waals surface area contributed by atoms with Gasteiger partial charge in [-0.2, -0.15) is 0 Å². The van der Waals surface area contributed by atoms with Crippen LogP contribution in [-0.4, -0.2) is 17.7 Å². The number of aliphatic imine (C=N–C) groups is 1. The van der Waals surface area contributed by atoms with Crippen LogP contribution in [0.4, 0.5) is 5.69 Å². The van der Waals surface area contributed by atoms with Crippen molar-refractivity contribution in [3.8, 4) is 5.75 Å². The second kappa shape index (κ2) is 7.95. The summed E-state index contributed by atoms with van der Waals surface area (Å²) in [6.07, 6.45) is 1.72. The molecule has 7 heteroatoms. The smallest absolute Gasteiger partial charge is 0.264 e. The molecule has 1 heterocycles. The molecule has 4 nitrogen and oxygen atoms in total. The van der Waals surface area contributed by atoms with Gasteiger partial charge in [0, 0.05) is 0 Å². The molecule has 0 aromatic heterocycles. The highest BCUT2D eigenvalue weighted by atomic mass is 35.5. The van der Waals surface area contributed by atoms with Crippen molar-refractivity contribution in [1.29, 1.82) is 0 Å². The fourth-order valence-corrected chi connectivity index (χ4v) is 3.42. The number of carbonyl (C=O) groups excluding carboxylic acids is 1. The molecule has 0 radical (unpaired) electrons. The third kappa shape index (κ3) is 4.18. The molecule has 1 amide bonds. The van der Waals surface area contributed by atoms with Gasteiger partial charge in [-0.3, -0.25) is 4.79 Å². The molecule has 3 rings (SSSR count). The minimum Gasteiger partial charge on any atom is -0.492 e. The number of hydrogen-bond acceptors (Lipinski definition) is 4. The van der Waals surface area contributed by atoms with Crippen LogP contribution < -0.4 is 10.1 Å². The molecule has 0 spiro atoms. The molecular weight excluding hydrogens is 379 g/mol. The summed E-state index contributed by atoms with van der Waals surface area (Å²) in [5.41, 5.74) is 1.31. The lowest BCUT2D eigenvalue weighted by Gasteiger charge is -2.07. The Bertz CT molecular complexity index is 881. The summed E-state index contributed by atoms with van der Waals surface area (Å²) in [5, 5.41) is 4.20. The third-order valence-corrected chi connectivity index (χ3v) is 4.94. The maximum Gasteiger partial charge on any atom is 0.264 e. The fraction of sp³-hybridized carbons (Fsp3) is 0.111. The first-order chi connectivity index (χ1) is 12.1. The molecule has 128 valence electrons. The first-order valence-corrected chi connectivity index (χ1v) is 9.11. The van der Waals surface area contributed by atoms with Gasteiger partial charge in [0.15, 0.2) is 5.17 Å². The number of hydrogen-bond donors (Lipinski definition) is 1. The molecule has 0 saturated carbocycles. The lowest BCUT2D eigenvalue weighted by molar-refractivity contribution is -0.115. The standard InChI is InChI=1S/C18H14Cl2N2O2S/c1-2-24-14-9-5-6-11(16(14)20)10-15-17(23)22-18(25-15)21-13-8-4-3-7-12(13)19/h3-10H,2H2,1H3,(H,21,22,23)/b15-10-. The topological polar surface area (TPSA) is 50.7 Å². The Labute approximate surface area is 159 Å². The molecule has 0 aliphatic carbocycles. The number of carbonyl (C=O) groups is 1. The first kappa shape index (κ1) is 17.9. The van der Waals surface area contributed by atoms with Crippen molar-refractivity contribution in [1.82, 2.24) is 5.32 Å². The molecule has 0 atom stereocenters. The molecule has 1 aliphatic rings. The van der Waals surface area contributed by atoms with E-state index < -0.39 is 0 Å². The Hall–Kier alpha value is -1.95.